The molecule has 12 heteroatoms. The number of halogens is 3. The fourth-order valence-corrected chi connectivity index (χ4v) is 5.10. The second kappa shape index (κ2) is 10.7. The lowest BCUT2D eigenvalue weighted by Crippen LogP contribution is -2.48. The third-order valence-electron chi connectivity index (χ3n) is 6.04. The van der Waals surface area contributed by atoms with Gasteiger partial charge in [0.2, 0.25) is 5.89 Å². The molecule has 1 aliphatic heterocycles. The monoisotopic (exact) mass is 541 g/mol. The number of hydrogen-bond acceptors (Lipinski definition) is 6. The van der Waals surface area contributed by atoms with E-state index in [-0.39, 0.29) is 18.5 Å². The smallest absolute Gasteiger partial charge is 0.413 e. The van der Waals surface area contributed by atoms with Crippen molar-refractivity contribution in [3.8, 4) is 22.6 Å². The van der Waals surface area contributed by atoms with Gasteiger partial charge in [-0.15, -0.1) is 10.2 Å². The van der Waals surface area contributed by atoms with E-state index in [9.17, 15) is 22.2 Å². The number of amides is 2. The minimum absolute atomic E-state index is 0.201. The number of nitrogens with zero attached hydrogens (tertiary/aromatic N) is 5. The molecule has 5 rings (SSSR count). The third-order valence-corrected chi connectivity index (χ3v) is 7.32. The maximum atomic E-state index is 13.6. The maximum Gasteiger partial charge on any atom is 0.470 e. The lowest BCUT2D eigenvalue weighted by Gasteiger charge is -2.33. The van der Waals surface area contributed by atoms with Crippen LogP contribution in [0.15, 0.2) is 77.5 Å². The first kappa shape index (κ1) is 25.6. The van der Waals surface area contributed by atoms with Crippen molar-refractivity contribution in [3.63, 3.8) is 0 Å². The summed E-state index contributed by atoms with van der Waals surface area (Å²) in [7, 11) is -0.936. The van der Waals surface area contributed by atoms with Gasteiger partial charge in [0.1, 0.15) is 0 Å². The molecule has 38 heavy (non-hydrogen) atoms. The molecule has 196 valence electrons. The molecule has 0 saturated carbocycles. The van der Waals surface area contributed by atoms with E-state index in [1.54, 1.807) is 46.5 Å². The van der Waals surface area contributed by atoms with Crippen LogP contribution in [0.5, 0.6) is 0 Å². The van der Waals surface area contributed by atoms with E-state index in [1.807, 2.05) is 36.4 Å². The zero-order valence-corrected chi connectivity index (χ0v) is 20.8. The molecule has 0 atom stereocenters. The van der Waals surface area contributed by atoms with E-state index in [1.165, 1.54) is 0 Å². The highest BCUT2D eigenvalue weighted by atomic mass is 32.2. The molecule has 0 aliphatic carbocycles. The number of anilines is 1. The molecule has 0 radical (unpaired) electrons. The van der Waals surface area contributed by atoms with Crippen LogP contribution in [-0.4, -0.2) is 54.9 Å². The summed E-state index contributed by atoms with van der Waals surface area (Å²) in [6, 6.07) is 17.6. The van der Waals surface area contributed by atoms with Crippen molar-refractivity contribution >= 4 is 22.5 Å². The Morgan fingerprint density at radius 1 is 0.974 bits per heavy atom. The number of carbonyl (C=O) groups excluding carboxylic acids is 1. The summed E-state index contributed by atoms with van der Waals surface area (Å²) >= 11 is 0. The van der Waals surface area contributed by atoms with Crippen LogP contribution in [0.4, 0.5) is 23.7 Å². The van der Waals surface area contributed by atoms with Crippen LogP contribution in [0, 0.1) is 0 Å². The van der Waals surface area contributed by atoms with Crippen molar-refractivity contribution in [1.29, 1.82) is 0 Å². The van der Waals surface area contributed by atoms with Crippen LogP contribution in [-0.2, 0) is 23.5 Å². The lowest BCUT2D eigenvalue weighted by atomic mass is 10.1. The number of rotatable bonds is 5. The Hall–Kier alpha value is -4.06. The normalized spacial score (nSPS) is 14.4. The van der Waals surface area contributed by atoms with Crippen molar-refractivity contribution in [2.45, 2.75) is 12.7 Å². The molecule has 2 aromatic heterocycles. The SMILES string of the molecule is O=C(N1CCS(=O)CC1)N(Cc1ccc(-c2nnc(C(F)(F)F)o2)cc1)c1cccc(-c2cccnc2)c1. The Kier molecular flexibility index (Phi) is 7.23. The summed E-state index contributed by atoms with van der Waals surface area (Å²) in [6.45, 7) is 0.983. The number of alkyl halides is 3. The van der Waals surface area contributed by atoms with Crippen LogP contribution in [0.2, 0.25) is 0 Å². The topological polar surface area (TPSA) is 92.4 Å². The van der Waals surface area contributed by atoms with Gasteiger partial charge in [-0.2, -0.15) is 13.2 Å². The van der Waals surface area contributed by atoms with E-state index in [4.69, 9.17) is 4.42 Å². The Balaban J connectivity index is 1.43. The molecule has 2 amide bonds. The first-order valence-electron chi connectivity index (χ1n) is 11.7. The number of hydrogen-bond donors (Lipinski definition) is 0. The van der Waals surface area contributed by atoms with Gasteiger partial charge in [-0.1, -0.05) is 30.3 Å². The zero-order chi connectivity index (χ0) is 26.7. The van der Waals surface area contributed by atoms with Crippen LogP contribution < -0.4 is 4.90 Å². The van der Waals surface area contributed by atoms with Crippen LogP contribution >= 0.6 is 0 Å². The van der Waals surface area contributed by atoms with E-state index < -0.39 is 22.9 Å². The zero-order valence-electron chi connectivity index (χ0n) is 20.0. The van der Waals surface area contributed by atoms with Gasteiger partial charge in [-0.3, -0.25) is 14.1 Å². The predicted molar refractivity (Wildman–Crippen MR) is 135 cm³/mol. The summed E-state index contributed by atoms with van der Waals surface area (Å²) in [5.74, 6) is -0.811. The number of carbonyl (C=O) groups is 1. The van der Waals surface area contributed by atoms with Gasteiger partial charge in [-0.05, 0) is 41.5 Å². The number of aromatic nitrogens is 3. The van der Waals surface area contributed by atoms with E-state index in [2.05, 4.69) is 15.2 Å². The summed E-state index contributed by atoms with van der Waals surface area (Å²) in [5.41, 5.74) is 3.52. The minimum atomic E-state index is -4.72. The third kappa shape index (κ3) is 5.75. The van der Waals surface area contributed by atoms with Crippen LogP contribution in [0.3, 0.4) is 0 Å². The highest BCUT2D eigenvalue weighted by Crippen LogP contribution is 2.31. The van der Waals surface area contributed by atoms with E-state index >= 15 is 0 Å². The number of urea groups is 1. The second-order valence-corrected chi connectivity index (χ2v) is 10.3. The molecule has 2 aromatic carbocycles. The average molecular weight is 542 g/mol. The fraction of sp³-hybridized carbons (Fsp3) is 0.231. The Labute approximate surface area is 218 Å². The quantitative estimate of drug-likeness (QED) is 0.353. The van der Waals surface area contributed by atoms with Crippen LogP contribution in [0.25, 0.3) is 22.6 Å². The Morgan fingerprint density at radius 3 is 2.37 bits per heavy atom. The van der Waals surface area contributed by atoms with Gasteiger partial charge in [0, 0.05) is 64.6 Å². The summed E-state index contributed by atoms with van der Waals surface area (Å²) in [5, 5.41) is 6.55. The molecule has 3 heterocycles. The molecule has 1 aliphatic rings. The van der Waals surface area contributed by atoms with Crippen molar-refractivity contribution in [1.82, 2.24) is 20.1 Å². The first-order chi connectivity index (χ1) is 18.3. The van der Waals surface area contributed by atoms with Gasteiger partial charge < -0.3 is 9.32 Å². The standard InChI is InChI=1S/C26H22F3N5O3S/c27-26(28,29)24-32-31-23(37-24)19-8-6-18(7-9-19)17-34(25(35)33-11-13-38(36)14-12-33)22-5-1-3-20(15-22)21-4-2-10-30-16-21/h1-10,15-16H,11-14,17H2. The van der Waals surface area contributed by atoms with Crippen LogP contribution in [0.1, 0.15) is 11.5 Å². The molecular weight excluding hydrogens is 519 g/mol. The van der Waals surface area contributed by atoms with Gasteiger partial charge in [0.15, 0.2) is 0 Å². The molecule has 4 aromatic rings. The molecule has 1 fully saturated rings. The van der Waals surface area contributed by atoms with E-state index in [0.717, 1.165) is 16.7 Å². The summed E-state index contributed by atoms with van der Waals surface area (Å²) < 4.78 is 55.0. The van der Waals surface area contributed by atoms with Gasteiger partial charge >= 0.3 is 18.1 Å². The van der Waals surface area contributed by atoms with Gasteiger partial charge in [-0.25, -0.2) is 4.79 Å². The number of benzene rings is 2. The largest absolute Gasteiger partial charge is 0.470 e. The fourth-order valence-electron chi connectivity index (χ4n) is 4.05. The lowest BCUT2D eigenvalue weighted by molar-refractivity contribution is -0.156. The highest BCUT2D eigenvalue weighted by molar-refractivity contribution is 7.85. The molecular formula is C26H22F3N5O3S. The second-order valence-electron chi connectivity index (χ2n) is 8.60. The molecule has 0 unspecified atom stereocenters. The Morgan fingerprint density at radius 2 is 1.71 bits per heavy atom. The highest BCUT2D eigenvalue weighted by Gasteiger charge is 2.38. The van der Waals surface area contributed by atoms with Gasteiger partial charge in [0.05, 0.1) is 6.54 Å². The van der Waals surface area contributed by atoms with Crippen molar-refractivity contribution in [3.05, 3.63) is 84.5 Å². The van der Waals surface area contributed by atoms with Crippen molar-refractivity contribution < 1.29 is 26.6 Å². The molecule has 0 N–H and O–H groups in total. The predicted octanol–water partition coefficient (Wildman–Crippen LogP) is 5.01. The summed E-state index contributed by atoms with van der Waals surface area (Å²) in [6.07, 6.45) is -1.30. The summed E-state index contributed by atoms with van der Waals surface area (Å²) in [4.78, 5) is 21.1. The molecule has 1 saturated heterocycles. The number of pyridine rings is 1. The maximum absolute atomic E-state index is 13.6. The van der Waals surface area contributed by atoms with E-state index in [0.29, 0.717) is 35.8 Å². The van der Waals surface area contributed by atoms with Gasteiger partial charge in [0.25, 0.3) is 0 Å². The van der Waals surface area contributed by atoms with Crippen molar-refractivity contribution in [2.75, 3.05) is 29.5 Å². The first-order valence-corrected chi connectivity index (χ1v) is 13.2. The molecule has 8 nitrogen and oxygen atoms in total. The average Bonchev–Trinajstić information content (AvgIpc) is 3.44. The molecule has 0 spiro atoms. The Bertz CT molecular complexity index is 1430. The van der Waals surface area contributed by atoms with Crippen molar-refractivity contribution in [2.24, 2.45) is 0 Å². The minimum Gasteiger partial charge on any atom is -0.413 e. The molecule has 0 bridgehead atoms.